The van der Waals surface area contributed by atoms with Gasteiger partial charge in [0.15, 0.2) is 21.4 Å². The zero-order valence-electron chi connectivity index (χ0n) is 18.4. The van der Waals surface area contributed by atoms with E-state index in [-0.39, 0.29) is 34.3 Å². The van der Waals surface area contributed by atoms with Gasteiger partial charge in [-0.3, -0.25) is 9.59 Å². The number of ketones is 2. The largest absolute Gasteiger partial charge is 0.374 e. The average molecular weight is 441 g/mol. The molecule has 0 bridgehead atoms. The normalized spacial score (nSPS) is 17.5. The van der Waals surface area contributed by atoms with Crippen molar-refractivity contribution in [3.05, 3.63) is 52.9 Å². The molecule has 0 spiro atoms. The average Bonchev–Trinajstić information content (AvgIpc) is 3.46. The van der Waals surface area contributed by atoms with Gasteiger partial charge in [-0.05, 0) is 64.3 Å². The summed E-state index contributed by atoms with van der Waals surface area (Å²) in [5, 5.41) is 3.38. The van der Waals surface area contributed by atoms with Crippen LogP contribution >= 0.6 is 0 Å². The molecule has 0 unspecified atom stereocenters. The molecule has 2 aliphatic rings. The second kappa shape index (κ2) is 7.79. The van der Waals surface area contributed by atoms with E-state index in [1.807, 2.05) is 50.6 Å². The Balaban J connectivity index is 1.73. The van der Waals surface area contributed by atoms with E-state index in [1.54, 1.807) is 6.07 Å². The van der Waals surface area contributed by atoms with E-state index in [0.29, 0.717) is 30.5 Å². The molecule has 1 saturated carbocycles. The van der Waals surface area contributed by atoms with Gasteiger partial charge in [0.05, 0.1) is 27.9 Å². The van der Waals surface area contributed by atoms with Crippen LogP contribution in [0.2, 0.25) is 0 Å². The molecule has 2 aliphatic carbocycles. The molecule has 1 N–H and O–H groups in total. The zero-order valence-corrected chi connectivity index (χ0v) is 19.2. The van der Waals surface area contributed by atoms with Crippen molar-refractivity contribution in [1.29, 1.82) is 0 Å². The minimum absolute atomic E-state index is 0.0357. The van der Waals surface area contributed by atoms with Crippen LogP contribution in [0.25, 0.3) is 10.9 Å². The molecule has 0 amide bonds. The molecular weight excluding hydrogens is 412 g/mol. The van der Waals surface area contributed by atoms with Gasteiger partial charge < -0.3 is 9.88 Å². The lowest BCUT2D eigenvalue weighted by Crippen LogP contribution is -2.29. The summed E-state index contributed by atoms with van der Waals surface area (Å²) in [5.74, 6) is -0.273. The lowest BCUT2D eigenvalue weighted by atomic mass is 9.97. The maximum Gasteiger partial charge on any atom is 0.182 e. The minimum atomic E-state index is -3.45. The Hall–Kier alpha value is -2.67. The van der Waals surface area contributed by atoms with Crippen molar-refractivity contribution in [2.75, 3.05) is 6.54 Å². The second-order valence-electron chi connectivity index (χ2n) is 8.89. The van der Waals surface area contributed by atoms with Crippen molar-refractivity contribution < 1.29 is 18.0 Å². The first kappa shape index (κ1) is 21.6. The number of aromatic nitrogens is 1. The highest BCUT2D eigenvalue weighted by Gasteiger charge is 2.37. The lowest BCUT2D eigenvalue weighted by Gasteiger charge is -2.17. The zero-order chi connectivity index (χ0) is 22.5. The van der Waals surface area contributed by atoms with E-state index in [9.17, 15) is 18.0 Å². The topological polar surface area (TPSA) is 85.2 Å². The molecular formula is C24H28N2O4S. The van der Waals surface area contributed by atoms with Crippen LogP contribution in [0.5, 0.6) is 0 Å². The monoisotopic (exact) mass is 440 g/mol. The van der Waals surface area contributed by atoms with Crippen LogP contribution in [0.15, 0.2) is 52.2 Å². The molecule has 6 nitrogen and oxygen atoms in total. The van der Waals surface area contributed by atoms with Crippen molar-refractivity contribution in [3.63, 3.8) is 0 Å². The molecule has 1 heterocycles. The molecule has 0 aliphatic heterocycles. The highest BCUT2D eigenvalue weighted by Crippen LogP contribution is 2.36. The summed E-state index contributed by atoms with van der Waals surface area (Å²) >= 11 is 0. The highest BCUT2D eigenvalue weighted by molar-refractivity contribution is 7.92. The van der Waals surface area contributed by atoms with Gasteiger partial charge in [0, 0.05) is 29.6 Å². The molecule has 7 heteroatoms. The molecule has 0 radical (unpaired) electrons. The maximum absolute atomic E-state index is 13.2. The molecule has 0 saturated heterocycles. The first-order valence-corrected chi connectivity index (χ1v) is 12.2. The number of benzene rings is 1. The quantitative estimate of drug-likeness (QED) is 0.655. The van der Waals surface area contributed by atoms with Crippen LogP contribution in [0.3, 0.4) is 0 Å². The number of carbonyl (C=O) groups is 2. The number of nitrogens with one attached hydrogen (secondary N) is 1. The third-order valence-electron chi connectivity index (χ3n) is 5.96. The Morgan fingerprint density at radius 3 is 2.55 bits per heavy atom. The molecule has 1 fully saturated rings. The molecule has 31 heavy (non-hydrogen) atoms. The summed E-state index contributed by atoms with van der Waals surface area (Å²) in [5.41, 5.74) is 3.37. The van der Waals surface area contributed by atoms with E-state index in [2.05, 4.69) is 5.32 Å². The van der Waals surface area contributed by atoms with Crippen LogP contribution in [-0.2, 0) is 14.6 Å². The van der Waals surface area contributed by atoms with Crippen molar-refractivity contribution in [1.82, 2.24) is 9.88 Å². The van der Waals surface area contributed by atoms with Gasteiger partial charge in [-0.25, -0.2) is 8.42 Å². The van der Waals surface area contributed by atoms with E-state index in [1.165, 1.54) is 6.07 Å². The minimum Gasteiger partial charge on any atom is -0.374 e. The Morgan fingerprint density at radius 2 is 1.94 bits per heavy atom. The summed E-state index contributed by atoms with van der Waals surface area (Å²) in [7, 11) is -3.45. The van der Waals surface area contributed by atoms with Gasteiger partial charge in [0.2, 0.25) is 0 Å². The summed E-state index contributed by atoms with van der Waals surface area (Å²) < 4.78 is 27.9. The van der Waals surface area contributed by atoms with Crippen molar-refractivity contribution >= 4 is 32.3 Å². The fraction of sp³-hybridized carbons (Fsp3) is 0.417. The Labute approximate surface area is 182 Å². The number of hydrogen-bond donors (Lipinski definition) is 1. The van der Waals surface area contributed by atoms with E-state index >= 15 is 0 Å². The Bertz CT molecular complexity index is 1260. The fourth-order valence-corrected chi connectivity index (χ4v) is 5.91. The molecule has 1 aromatic carbocycles. The van der Waals surface area contributed by atoms with Crippen LogP contribution in [0, 0.1) is 0 Å². The molecule has 2 aromatic rings. The van der Waals surface area contributed by atoms with Gasteiger partial charge in [0.25, 0.3) is 0 Å². The van der Waals surface area contributed by atoms with Gasteiger partial charge in [0.1, 0.15) is 0 Å². The standard InChI is InChI=1S/C24H28N2O4S/c1-14(2)26-8-7-19-20(11-18(12-21(19)26)31(29,30)17-5-6-17)23(28)13-25-24-16(4)9-15(3)10-22(24)27/h7-9,11-12,14,17,25H,5-6,10,13H2,1-4H3. The molecule has 0 atom stereocenters. The summed E-state index contributed by atoms with van der Waals surface area (Å²) in [6, 6.07) is 5.19. The first-order valence-electron chi connectivity index (χ1n) is 10.7. The fourth-order valence-electron chi connectivity index (χ4n) is 4.21. The van der Waals surface area contributed by atoms with Crippen molar-refractivity contribution in [2.45, 2.75) is 63.1 Å². The van der Waals surface area contributed by atoms with Crippen LogP contribution in [0.1, 0.15) is 63.4 Å². The number of allylic oxidation sites excluding steroid dienone is 4. The number of hydrogen-bond acceptors (Lipinski definition) is 5. The summed E-state index contributed by atoms with van der Waals surface area (Å²) in [6.45, 7) is 7.72. The summed E-state index contributed by atoms with van der Waals surface area (Å²) in [6.07, 6.45) is 5.50. The number of fused-ring (bicyclic) bond motifs is 1. The van der Waals surface area contributed by atoms with Crippen LogP contribution < -0.4 is 5.32 Å². The van der Waals surface area contributed by atoms with Crippen molar-refractivity contribution in [2.24, 2.45) is 0 Å². The van der Waals surface area contributed by atoms with Crippen molar-refractivity contribution in [3.8, 4) is 0 Å². The number of nitrogens with zero attached hydrogens (tertiary/aromatic N) is 1. The van der Waals surface area contributed by atoms with Gasteiger partial charge >= 0.3 is 0 Å². The summed E-state index contributed by atoms with van der Waals surface area (Å²) in [4.78, 5) is 25.8. The number of sulfone groups is 1. The Kier molecular flexibility index (Phi) is 5.41. The van der Waals surface area contributed by atoms with E-state index in [0.717, 1.165) is 22.0 Å². The smallest absolute Gasteiger partial charge is 0.182 e. The van der Waals surface area contributed by atoms with Crippen LogP contribution in [-0.4, -0.2) is 36.3 Å². The third kappa shape index (κ3) is 3.99. The number of Topliss-reactive ketones (excluding diaryl/α,β-unsaturated/α-hetero) is 2. The van der Waals surface area contributed by atoms with E-state index < -0.39 is 9.84 Å². The molecule has 1 aromatic heterocycles. The molecule has 164 valence electrons. The first-order chi connectivity index (χ1) is 14.6. The highest BCUT2D eigenvalue weighted by atomic mass is 32.2. The van der Waals surface area contributed by atoms with Gasteiger partial charge in [-0.1, -0.05) is 11.6 Å². The second-order valence-corrected chi connectivity index (χ2v) is 11.1. The number of rotatable bonds is 7. The van der Waals surface area contributed by atoms with E-state index in [4.69, 9.17) is 0 Å². The van der Waals surface area contributed by atoms with Gasteiger partial charge in [-0.2, -0.15) is 0 Å². The predicted octanol–water partition coefficient (Wildman–Crippen LogP) is 4.12. The predicted molar refractivity (Wildman–Crippen MR) is 121 cm³/mol. The SMILES string of the molecule is CC1=CC(C)=C(NCC(=O)c2cc(S(=O)(=O)C3CC3)cc3c2ccn3C(C)C)C(=O)C1. The molecule has 4 rings (SSSR count). The Morgan fingerprint density at radius 1 is 1.23 bits per heavy atom. The third-order valence-corrected chi connectivity index (χ3v) is 8.20. The maximum atomic E-state index is 13.2. The van der Waals surface area contributed by atoms with Crippen LogP contribution in [0.4, 0.5) is 0 Å². The van der Waals surface area contributed by atoms with Gasteiger partial charge in [-0.15, -0.1) is 0 Å². The number of carbonyl (C=O) groups excluding carboxylic acids is 2. The lowest BCUT2D eigenvalue weighted by molar-refractivity contribution is -0.115.